The predicted octanol–water partition coefficient (Wildman–Crippen LogP) is 4.45. The van der Waals surface area contributed by atoms with Crippen LogP contribution >= 0.6 is 0 Å². The summed E-state index contributed by atoms with van der Waals surface area (Å²) in [6.45, 7) is 10.9. The third-order valence-electron chi connectivity index (χ3n) is 2.82. The highest BCUT2D eigenvalue weighted by molar-refractivity contribution is 5.62. The molecule has 0 spiro atoms. The molecule has 0 fully saturated rings. The lowest BCUT2D eigenvalue weighted by Crippen LogP contribution is -2.06. The van der Waals surface area contributed by atoms with Crippen molar-refractivity contribution in [2.24, 2.45) is 0 Å². The van der Waals surface area contributed by atoms with Crippen molar-refractivity contribution < 1.29 is 0 Å². The summed E-state index contributed by atoms with van der Waals surface area (Å²) in [5, 5.41) is 6.96. The molecule has 0 radical (unpaired) electrons. The molecule has 0 heterocycles. The maximum absolute atomic E-state index is 3.52. The van der Waals surface area contributed by atoms with E-state index in [1.165, 1.54) is 16.9 Å². The fourth-order valence-corrected chi connectivity index (χ4v) is 1.85. The Morgan fingerprint density at radius 1 is 1.00 bits per heavy atom. The fraction of sp³-hybridized carbons (Fsp3) is 0.600. The van der Waals surface area contributed by atoms with Crippen LogP contribution in [-0.4, -0.2) is 13.1 Å². The Morgan fingerprint density at radius 2 is 1.65 bits per heavy atom. The molecule has 2 N–H and O–H groups in total. The third kappa shape index (κ3) is 4.29. The van der Waals surface area contributed by atoms with E-state index in [0.29, 0.717) is 5.92 Å². The van der Waals surface area contributed by atoms with E-state index >= 15 is 0 Å². The molecule has 0 bridgehead atoms. The van der Waals surface area contributed by atoms with Gasteiger partial charge in [-0.2, -0.15) is 0 Å². The van der Waals surface area contributed by atoms with Gasteiger partial charge in [0.25, 0.3) is 0 Å². The van der Waals surface area contributed by atoms with Gasteiger partial charge in [0.2, 0.25) is 0 Å². The summed E-state index contributed by atoms with van der Waals surface area (Å²) < 4.78 is 0. The van der Waals surface area contributed by atoms with Gasteiger partial charge in [0.15, 0.2) is 0 Å². The van der Waals surface area contributed by atoms with Crippen molar-refractivity contribution in [3.05, 3.63) is 23.8 Å². The van der Waals surface area contributed by atoms with E-state index in [0.717, 1.165) is 25.9 Å². The maximum Gasteiger partial charge on any atom is 0.0396 e. The summed E-state index contributed by atoms with van der Waals surface area (Å²) in [6, 6.07) is 6.66. The molecule has 0 aromatic heterocycles. The Morgan fingerprint density at radius 3 is 2.24 bits per heavy atom. The van der Waals surface area contributed by atoms with Crippen LogP contribution in [0.1, 0.15) is 52.0 Å². The zero-order valence-corrected chi connectivity index (χ0v) is 11.6. The normalized spacial score (nSPS) is 10.6. The first-order chi connectivity index (χ1) is 8.19. The average molecular weight is 234 g/mol. The van der Waals surface area contributed by atoms with Gasteiger partial charge in [-0.3, -0.25) is 0 Å². The average Bonchev–Trinajstić information content (AvgIpc) is 2.33. The van der Waals surface area contributed by atoms with Crippen molar-refractivity contribution in [3.63, 3.8) is 0 Å². The molecule has 2 heteroatoms. The summed E-state index contributed by atoms with van der Waals surface area (Å²) in [5.74, 6) is 0.564. The summed E-state index contributed by atoms with van der Waals surface area (Å²) in [5.41, 5.74) is 3.90. The highest BCUT2D eigenvalue weighted by Crippen LogP contribution is 2.27. The van der Waals surface area contributed by atoms with E-state index in [1.54, 1.807) is 0 Å². The first-order valence-electron chi connectivity index (χ1n) is 6.80. The Balaban J connectivity index is 2.84. The topological polar surface area (TPSA) is 24.1 Å². The van der Waals surface area contributed by atoms with Gasteiger partial charge in [-0.15, -0.1) is 0 Å². The van der Waals surface area contributed by atoms with E-state index in [2.05, 4.69) is 56.5 Å². The summed E-state index contributed by atoms with van der Waals surface area (Å²) in [7, 11) is 0. The molecule has 0 unspecified atom stereocenters. The Labute approximate surface area is 106 Å². The van der Waals surface area contributed by atoms with Gasteiger partial charge in [0.1, 0.15) is 0 Å². The van der Waals surface area contributed by atoms with Crippen LogP contribution in [0.3, 0.4) is 0 Å². The molecule has 0 saturated carbocycles. The molecule has 0 aliphatic carbocycles. The van der Waals surface area contributed by atoms with Crippen LogP contribution in [0.5, 0.6) is 0 Å². The maximum atomic E-state index is 3.52. The fourth-order valence-electron chi connectivity index (χ4n) is 1.85. The highest BCUT2D eigenvalue weighted by Gasteiger charge is 2.06. The smallest absolute Gasteiger partial charge is 0.0396 e. The molecule has 0 atom stereocenters. The molecular weight excluding hydrogens is 208 g/mol. The summed E-state index contributed by atoms with van der Waals surface area (Å²) >= 11 is 0. The van der Waals surface area contributed by atoms with Crippen LogP contribution in [0.4, 0.5) is 11.4 Å². The van der Waals surface area contributed by atoms with Gasteiger partial charge in [-0.25, -0.2) is 0 Å². The molecule has 0 aliphatic heterocycles. The third-order valence-corrected chi connectivity index (χ3v) is 2.82. The van der Waals surface area contributed by atoms with E-state index in [-0.39, 0.29) is 0 Å². The second kappa shape index (κ2) is 7.21. The molecular formula is C15H26N2. The van der Waals surface area contributed by atoms with Crippen LogP contribution in [0, 0.1) is 0 Å². The first kappa shape index (κ1) is 13.9. The molecule has 96 valence electrons. The molecule has 0 amide bonds. The predicted molar refractivity (Wildman–Crippen MR) is 78.1 cm³/mol. The number of rotatable bonds is 7. The monoisotopic (exact) mass is 234 g/mol. The van der Waals surface area contributed by atoms with Crippen molar-refractivity contribution in [3.8, 4) is 0 Å². The van der Waals surface area contributed by atoms with Gasteiger partial charge in [-0.1, -0.05) is 33.8 Å². The number of nitrogens with one attached hydrogen (secondary N) is 2. The zero-order chi connectivity index (χ0) is 12.7. The summed E-state index contributed by atoms with van der Waals surface area (Å²) in [6.07, 6.45) is 2.31. The second-order valence-electron chi connectivity index (χ2n) is 4.81. The van der Waals surface area contributed by atoms with Crippen molar-refractivity contribution in [1.82, 2.24) is 0 Å². The van der Waals surface area contributed by atoms with Crippen LogP contribution < -0.4 is 10.6 Å². The van der Waals surface area contributed by atoms with Crippen molar-refractivity contribution in [1.29, 1.82) is 0 Å². The van der Waals surface area contributed by atoms with Crippen molar-refractivity contribution in [2.45, 2.75) is 46.5 Å². The SMILES string of the molecule is CCCNc1ccc(C(C)C)c(NCCC)c1. The number of benzene rings is 1. The molecule has 1 aromatic rings. The minimum absolute atomic E-state index is 0.564. The Hall–Kier alpha value is -1.18. The van der Waals surface area contributed by atoms with Crippen LogP contribution in [0.15, 0.2) is 18.2 Å². The van der Waals surface area contributed by atoms with E-state index in [9.17, 15) is 0 Å². The van der Waals surface area contributed by atoms with Crippen LogP contribution in [-0.2, 0) is 0 Å². The largest absolute Gasteiger partial charge is 0.385 e. The lowest BCUT2D eigenvalue weighted by Gasteiger charge is -2.16. The van der Waals surface area contributed by atoms with Crippen molar-refractivity contribution >= 4 is 11.4 Å². The lowest BCUT2D eigenvalue weighted by atomic mass is 10.0. The molecule has 1 rings (SSSR count). The van der Waals surface area contributed by atoms with Crippen LogP contribution in [0.25, 0.3) is 0 Å². The molecule has 0 saturated heterocycles. The quantitative estimate of drug-likeness (QED) is 0.728. The molecule has 17 heavy (non-hydrogen) atoms. The van der Waals surface area contributed by atoms with Crippen LogP contribution in [0.2, 0.25) is 0 Å². The Bertz CT molecular complexity index is 332. The molecule has 2 nitrogen and oxygen atoms in total. The van der Waals surface area contributed by atoms with Gasteiger partial charge in [0.05, 0.1) is 0 Å². The minimum atomic E-state index is 0.564. The number of hydrogen-bond donors (Lipinski definition) is 2. The Kier molecular flexibility index (Phi) is 5.88. The summed E-state index contributed by atoms with van der Waals surface area (Å²) in [4.78, 5) is 0. The second-order valence-corrected chi connectivity index (χ2v) is 4.81. The van der Waals surface area contributed by atoms with Gasteiger partial charge < -0.3 is 10.6 Å². The van der Waals surface area contributed by atoms with Gasteiger partial charge in [0, 0.05) is 24.5 Å². The standard InChI is InChI=1S/C15H26N2/c1-5-9-16-13-7-8-14(12(3)4)15(11-13)17-10-6-2/h7-8,11-12,16-17H,5-6,9-10H2,1-4H3. The number of hydrogen-bond acceptors (Lipinski definition) is 2. The number of anilines is 2. The van der Waals surface area contributed by atoms with E-state index < -0.39 is 0 Å². The van der Waals surface area contributed by atoms with Crippen molar-refractivity contribution in [2.75, 3.05) is 23.7 Å². The molecule has 1 aromatic carbocycles. The lowest BCUT2D eigenvalue weighted by molar-refractivity contribution is 0.862. The molecule has 0 aliphatic rings. The van der Waals surface area contributed by atoms with E-state index in [1.807, 2.05) is 0 Å². The minimum Gasteiger partial charge on any atom is -0.385 e. The van der Waals surface area contributed by atoms with Gasteiger partial charge in [-0.05, 0) is 36.5 Å². The highest BCUT2D eigenvalue weighted by atomic mass is 14.9. The zero-order valence-electron chi connectivity index (χ0n) is 11.6. The first-order valence-corrected chi connectivity index (χ1v) is 6.80. The van der Waals surface area contributed by atoms with Gasteiger partial charge >= 0.3 is 0 Å². The van der Waals surface area contributed by atoms with E-state index in [4.69, 9.17) is 0 Å².